The number of nitrogens with zero attached hydrogens (tertiary/aromatic N) is 1. The third-order valence-corrected chi connectivity index (χ3v) is 5.34. The van der Waals surface area contributed by atoms with Crippen LogP contribution in [0.5, 0.6) is 0 Å². The zero-order valence-electron chi connectivity index (χ0n) is 16.8. The molecule has 0 atom stereocenters. The molecule has 8 nitrogen and oxygen atoms in total. The van der Waals surface area contributed by atoms with Crippen molar-refractivity contribution in [3.8, 4) is 0 Å². The number of hydrogen-bond acceptors (Lipinski definition) is 4. The molecule has 0 unspecified atom stereocenters. The van der Waals surface area contributed by atoms with Crippen molar-refractivity contribution in [1.82, 2.24) is 9.99 Å². The predicted octanol–water partition coefficient (Wildman–Crippen LogP) is 3.45. The summed E-state index contributed by atoms with van der Waals surface area (Å²) in [6.07, 6.45) is 0. The van der Waals surface area contributed by atoms with Gasteiger partial charge >= 0.3 is 11.8 Å². The molecule has 2 aromatic carbocycles. The van der Waals surface area contributed by atoms with Gasteiger partial charge in [-0.2, -0.15) is 0 Å². The largest absolute Gasteiger partial charge is 0.383 e. The van der Waals surface area contributed by atoms with Crippen molar-refractivity contribution in [2.24, 2.45) is 0 Å². The van der Waals surface area contributed by atoms with Crippen molar-refractivity contribution < 1.29 is 19.1 Å². The van der Waals surface area contributed by atoms with E-state index in [4.69, 9.17) is 16.3 Å². The monoisotopic (exact) mass is 506 g/mol. The minimum Gasteiger partial charge on any atom is -0.383 e. The Kier molecular flexibility index (Phi) is 7.32. The molecule has 0 aliphatic carbocycles. The first kappa shape index (κ1) is 22.8. The number of fused-ring (bicyclic) bond motifs is 1. The number of benzene rings is 2. The molecule has 162 valence electrons. The fourth-order valence-corrected chi connectivity index (χ4v) is 3.40. The van der Waals surface area contributed by atoms with Crippen LogP contribution in [-0.4, -0.2) is 42.7 Å². The molecule has 10 heteroatoms. The second-order valence-electron chi connectivity index (χ2n) is 6.68. The molecule has 0 aliphatic rings. The Morgan fingerprint density at radius 1 is 1.10 bits per heavy atom. The molecule has 3 aromatic rings. The standard InChI is InChI=1S/C21H20BrClN4O4/c1-12-3-5-15(11-16(12)23)25-19(28)18-10-13-9-14(22)4-6-17(13)27(18)26-21(30)20(29)24-7-8-31-2/h3-6,9-11H,7-8H2,1-2H3,(H,24,29)(H,25,28)(H,26,30). The van der Waals surface area contributed by atoms with Crippen LogP contribution in [0.1, 0.15) is 16.1 Å². The van der Waals surface area contributed by atoms with E-state index in [2.05, 4.69) is 32.0 Å². The van der Waals surface area contributed by atoms with E-state index in [1.807, 2.05) is 6.92 Å². The second kappa shape index (κ2) is 9.95. The fourth-order valence-electron chi connectivity index (χ4n) is 2.84. The zero-order chi connectivity index (χ0) is 22.5. The van der Waals surface area contributed by atoms with Gasteiger partial charge in [0, 0.05) is 34.2 Å². The summed E-state index contributed by atoms with van der Waals surface area (Å²) in [6, 6.07) is 12.1. The molecule has 31 heavy (non-hydrogen) atoms. The van der Waals surface area contributed by atoms with Crippen LogP contribution in [-0.2, 0) is 14.3 Å². The Labute approximate surface area is 192 Å². The number of carbonyl (C=O) groups excluding carboxylic acids is 3. The minimum absolute atomic E-state index is 0.142. The Bertz CT molecular complexity index is 1160. The zero-order valence-corrected chi connectivity index (χ0v) is 19.1. The van der Waals surface area contributed by atoms with Crippen molar-refractivity contribution >= 4 is 61.8 Å². The summed E-state index contributed by atoms with van der Waals surface area (Å²) in [5, 5.41) is 6.42. The third-order valence-electron chi connectivity index (χ3n) is 4.44. The van der Waals surface area contributed by atoms with E-state index in [1.54, 1.807) is 42.5 Å². The molecule has 3 N–H and O–H groups in total. The van der Waals surface area contributed by atoms with Crippen LogP contribution >= 0.6 is 27.5 Å². The van der Waals surface area contributed by atoms with Crippen LogP contribution in [0.25, 0.3) is 10.9 Å². The van der Waals surface area contributed by atoms with Gasteiger partial charge in [0.1, 0.15) is 5.69 Å². The molecule has 0 radical (unpaired) electrons. The number of ether oxygens (including phenoxy) is 1. The molecule has 0 saturated heterocycles. The van der Waals surface area contributed by atoms with Gasteiger partial charge in [-0.3, -0.25) is 19.8 Å². The lowest BCUT2D eigenvalue weighted by molar-refractivity contribution is -0.136. The van der Waals surface area contributed by atoms with Crippen LogP contribution < -0.4 is 16.1 Å². The number of aryl methyl sites for hydroxylation is 1. The molecule has 1 heterocycles. The minimum atomic E-state index is -0.913. The van der Waals surface area contributed by atoms with Crippen molar-refractivity contribution in [2.75, 3.05) is 31.0 Å². The van der Waals surface area contributed by atoms with Gasteiger partial charge in [-0.1, -0.05) is 33.6 Å². The Balaban J connectivity index is 1.91. The van der Waals surface area contributed by atoms with E-state index in [1.165, 1.54) is 11.8 Å². The van der Waals surface area contributed by atoms with Crippen molar-refractivity contribution in [1.29, 1.82) is 0 Å². The van der Waals surface area contributed by atoms with E-state index in [9.17, 15) is 14.4 Å². The number of anilines is 1. The van der Waals surface area contributed by atoms with Gasteiger partial charge in [-0.05, 0) is 48.9 Å². The van der Waals surface area contributed by atoms with Gasteiger partial charge < -0.3 is 15.4 Å². The van der Waals surface area contributed by atoms with Crippen LogP contribution in [0.3, 0.4) is 0 Å². The molecular formula is C21H20BrClN4O4. The van der Waals surface area contributed by atoms with Gasteiger partial charge in [0.25, 0.3) is 5.91 Å². The molecule has 3 rings (SSSR count). The predicted molar refractivity (Wildman–Crippen MR) is 123 cm³/mol. The Morgan fingerprint density at radius 2 is 1.87 bits per heavy atom. The first-order valence-corrected chi connectivity index (χ1v) is 10.4. The number of halogens is 2. The molecule has 3 amide bonds. The molecule has 0 fully saturated rings. The van der Waals surface area contributed by atoms with E-state index < -0.39 is 17.7 Å². The summed E-state index contributed by atoms with van der Waals surface area (Å²) in [7, 11) is 1.49. The average Bonchev–Trinajstić information content (AvgIpc) is 3.08. The maximum absolute atomic E-state index is 13.0. The van der Waals surface area contributed by atoms with Crippen LogP contribution in [0.4, 0.5) is 5.69 Å². The molecular weight excluding hydrogens is 488 g/mol. The van der Waals surface area contributed by atoms with Crippen LogP contribution in [0.15, 0.2) is 46.9 Å². The highest BCUT2D eigenvalue weighted by molar-refractivity contribution is 9.10. The van der Waals surface area contributed by atoms with E-state index in [0.717, 1.165) is 10.0 Å². The Hall–Kier alpha value is -2.88. The van der Waals surface area contributed by atoms with Gasteiger partial charge in [0.15, 0.2) is 0 Å². The second-order valence-corrected chi connectivity index (χ2v) is 8.00. The Morgan fingerprint density at radius 3 is 2.58 bits per heavy atom. The molecule has 0 spiro atoms. The fraction of sp³-hybridized carbons (Fsp3) is 0.190. The first-order valence-electron chi connectivity index (χ1n) is 9.27. The van der Waals surface area contributed by atoms with Crippen LogP contribution in [0.2, 0.25) is 5.02 Å². The van der Waals surface area contributed by atoms with E-state index >= 15 is 0 Å². The molecule has 0 saturated carbocycles. The van der Waals surface area contributed by atoms with Gasteiger partial charge in [0.05, 0.1) is 12.1 Å². The van der Waals surface area contributed by atoms with E-state index in [-0.39, 0.29) is 18.8 Å². The highest BCUT2D eigenvalue weighted by atomic mass is 79.9. The quantitative estimate of drug-likeness (QED) is 0.351. The summed E-state index contributed by atoms with van der Waals surface area (Å²) in [5.74, 6) is -2.23. The molecule has 0 bridgehead atoms. The van der Waals surface area contributed by atoms with Crippen LogP contribution in [0, 0.1) is 6.92 Å². The topological polar surface area (TPSA) is 101 Å². The van der Waals surface area contributed by atoms with Crippen molar-refractivity contribution in [3.63, 3.8) is 0 Å². The molecule has 0 aliphatic heterocycles. The summed E-state index contributed by atoms with van der Waals surface area (Å²) in [4.78, 5) is 37.4. The lowest BCUT2D eigenvalue weighted by Gasteiger charge is -2.13. The number of amides is 3. The number of rotatable bonds is 6. The van der Waals surface area contributed by atoms with Crippen molar-refractivity contribution in [3.05, 3.63) is 63.2 Å². The molecule has 1 aromatic heterocycles. The number of carbonyl (C=O) groups is 3. The first-order chi connectivity index (χ1) is 14.8. The van der Waals surface area contributed by atoms with Gasteiger partial charge in [-0.25, -0.2) is 4.68 Å². The smallest absolute Gasteiger partial charge is 0.328 e. The van der Waals surface area contributed by atoms with Gasteiger partial charge in [-0.15, -0.1) is 0 Å². The summed E-state index contributed by atoms with van der Waals surface area (Å²) in [5.41, 5.74) is 4.56. The van der Waals surface area contributed by atoms with Crippen molar-refractivity contribution in [2.45, 2.75) is 6.92 Å². The number of hydrogen-bond donors (Lipinski definition) is 3. The summed E-state index contributed by atoms with van der Waals surface area (Å²) < 4.78 is 6.94. The SMILES string of the molecule is COCCNC(=O)C(=O)Nn1c(C(=O)Nc2ccc(C)c(Cl)c2)cc2cc(Br)ccc21. The lowest BCUT2D eigenvalue weighted by Crippen LogP contribution is -2.40. The number of nitrogens with one attached hydrogen (secondary N) is 3. The normalized spacial score (nSPS) is 10.7. The van der Waals surface area contributed by atoms with Gasteiger partial charge in [0.2, 0.25) is 0 Å². The van der Waals surface area contributed by atoms with E-state index in [0.29, 0.717) is 21.6 Å². The summed E-state index contributed by atoms with van der Waals surface area (Å²) >= 11 is 9.53. The highest BCUT2D eigenvalue weighted by Crippen LogP contribution is 2.25. The highest BCUT2D eigenvalue weighted by Gasteiger charge is 2.21. The third kappa shape index (κ3) is 5.43. The number of aromatic nitrogens is 1. The summed E-state index contributed by atoms with van der Waals surface area (Å²) in [6.45, 7) is 2.31. The maximum atomic E-state index is 13.0. The lowest BCUT2D eigenvalue weighted by atomic mass is 10.2. The maximum Gasteiger partial charge on any atom is 0.328 e. The average molecular weight is 508 g/mol. The number of methoxy groups -OCH3 is 1.